The molecule has 3 rings (SSSR count). The summed E-state index contributed by atoms with van der Waals surface area (Å²) in [5.41, 5.74) is 1.38. The normalized spacial score (nSPS) is 11.2. The Bertz CT molecular complexity index is 785. The molecule has 3 aromatic heterocycles. The van der Waals surface area contributed by atoms with Gasteiger partial charge in [-0.15, -0.1) is 11.3 Å². The molecule has 3 aromatic rings. The summed E-state index contributed by atoms with van der Waals surface area (Å²) in [6.45, 7) is 3.99. The highest BCUT2D eigenvalue weighted by Gasteiger charge is 2.15. The fourth-order valence-corrected chi connectivity index (χ4v) is 3.27. The van der Waals surface area contributed by atoms with Crippen LogP contribution in [0.1, 0.15) is 10.4 Å². The van der Waals surface area contributed by atoms with Gasteiger partial charge in [0, 0.05) is 11.1 Å². The first-order chi connectivity index (χ1) is 9.08. The van der Waals surface area contributed by atoms with E-state index in [2.05, 4.69) is 15.0 Å². The van der Waals surface area contributed by atoms with Crippen LogP contribution in [0, 0.1) is 19.7 Å². The lowest BCUT2D eigenvalue weighted by Crippen LogP contribution is -1.93. The summed E-state index contributed by atoms with van der Waals surface area (Å²) in [4.78, 5) is 14.2. The Morgan fingerprint density at radius 2 is 2.05 bits per heavy atom. The van der Waals surface area contributed by atoms with E-state index in [9.17, 15) is 4.39 Å². The minimum absolute atomic E-state index is 0.290. The van der Waals surface area contributed by atoms with Crippen molar-refractivity contribution in [1.82, 2.24) is 15.0 Å². The highest BCUT2D eigenvalue weighted by molar-refractivity contribution is 7.18. The fraction of sp³-hybridized carbons (Fsp3) is 0.154. The molecule has 0 amide bonds. The summed E-state index contributed by atoms with van der Waals surface area (Å²) in [7, 11) is 0. The molecule has 0 unspecified atom stereocenters. The molecule has 0 saturated carbocycles. The first-order valence-corrected chi connectivity index (χ1v) is 6.80. The molecule has 0 atom stereocenters. The van der Waals surface area contributed by atoms with E-state index in [0.717, 1.165) is 26.9 Å². The number of thiophene rings is 1. The number of fused-ring (bicyclic) bond motifs is 1. The van der Waals surface area contributed by atoms with Crippen molar-refractivity contribution in [2.24, 2.45) is 0 Å². The number of rotatable bonds is 1. The molecule has 3 heterocycles. The van der Waals surface area contributed by atoms with Crippen molar-refractivity contribution in [3.05, 3.63) is 39.9 Å². The molecule has 19 heavy (non-hydrogen) atoms. The molecular formula is C13H9ClFN3S. The lowest BCUT2D eigenvalue weighted by molar-refractivity contribution is 0.623. The highest BCUT2D eigenvalue weighted by atomic mass is 35.5. The van der Waals surface area contributed by atoms with Gasteiger partial charge in [-0.3, -0.25) is 4.98 Å². The maximum absolute atomic E-state index is 13.7. The van der Waals surface area contributed by atoms with Crippen LogP contribution in [0.5, 0.6) is 0 Å². The average molecular weight is 294 g/mol. The van der Waals surface area contributed by atoms with Crippen LogP contribution < -0.4 is 0 Å². The molecule has 0 aliphatic rings. The smallest absolute Gasteiger partial charge is 0.165 e. The maximum Gasteiger partial charge on any atom is 0.165 e. The van der Waals surface area contributed by atoms with Crippen LogP contribution in [0.2, 0.25) is 5.15 Å². The second-order valence-corrected chi connectivity index (χ2v) is 5.72. The summed E-state index contributed by atoms with van der Waals surface area (Å²) in [6, 6.07) is 1.54. The molecule has 96 valence electrons. The number of aryl methyl sites for hydroxylation is 2. The lowest BCUT2D eigenvalue weighted by Gasteiger charge is -2.03. The Balaban J connectivity index is 2.30. The van der Waals surface area contributed by atoms with Gasteiger partial charge in [0.1, 0.15) is 9.98 Å². The van der Waals surface area contributed by atoms with Crippen molar-refractivity contribution in [3.8, 4) is 11.4 Å². The van der Waals surface area contributed by atoms with Crippen LogP contribution in [0.3, 0.4) is 0 Å². The molecule has 0 fully saturated rings. The predicted molar refractivity (Wildman–Crippen MR) is 75.1 cm³/mol. The Morgan fingerprint density at radius 3 is 2.79 bits per heavy atom. The molecule has 3 nitrogen and oxygen atoms in total. The Hall–Kier alpha value is -1.59. The van der Waals surface area contributed by atoms with Crippen LogP contribution in [0.4, 0.5) is 4.39 Å². The van der Waals surface area contributed by atoms with Crippen LogP contribution in [0.15, 0.2) is 18.5 Å². The summed E-state index contributed by atoms with van der Waals surface area (Å²) in [5.74, 6) is -0.165. The summed E-state index contributed by atoms with van der Waals surface area (Å²) in [5, 5.41) is 1.21. The van der Waals surface area contributed by atoms with Crippen LogP contribution in [-0.2, 0) is 0 Å². The standard InChI is InChI=1S/C13H9ClFN3S/c1-6-7(2)19-13-10(6)11(14)17-12(18-13)8-3-4-16-5-9(8)15/h3-5H,1-2H3. The predicted octanol–water partition coefficient (Wildman–Crippen LogP) is 4.16. The zero-order valence-electron chi connectivity index (χ0n) is 10.2. The van der Waals surface area contributed by atoms with Crippen molar-refractivity contribution < 1.29 is 4.39 Å². The van der Waals surface area contributed by atoms with Crippen molar-refractivity contribution in [2.45, 2.75) is 13.8 Å². The average Bonchev–Trinajstić information content (AvgIpc) is 2.66. The second-order valence-electron chi connectivity index (χ2n) is 4.16. The van der Waals surface area contributed by atoms with Crippen molar-refractivity contribution in [3.63, 3.8) is 0 Å². The van der Waals surface area contributed by atoms with Crippen LogP contribution >= 0.6 is 22.9 Å². The van der Waals surface area contributed by atoms with Gasteiger partial charge in [0.15, 0.2) is 11.6 Å². The summed E-state index contributed by atoms with van der Waals surface area (Å²) < 4.78 is 13.7. The molecule has 0 aromatic carbocycles. The minimum atomic E-state index is -0.456. The number of hydrogen-bond donors (Lipinski definition) is 0. The van der Waals surface area contributed by atoms with Gasteiger partial charge in [-0.25, -0.2) is 14.4 Å². The van der Waals surface area contributed by atoms with Crippen LogP contribution in [-0.4, -0.2) is 15.0 Å². The largest absolute Gasteiger partial charge is 0.262 e. The van der Waals surface area contributed by atoms with E-state index in [4.69, 9.17) is 11.6 Å². The molecule has 0 aliphatic heterocycles. The topological polar surface area (TPSA) is 38.7 Å². The molecule has 0 aliphatic carbocycles. The molecule has 0 saturated heterocycles. The molecule has 6 heteroatoms. The monoisotopic (exact) mass is 293 g/mol. The van der Waals surface area contributed by atoms with Crippen LogP contribution in [0.25, 0.3) is 21.6 Å². The van der Waals surface area contributed by atoms with E-state index in [-0.39, 0.29) is 0 Å². The molecule has 0 bridgehead atoms. The SMILES string of the molecule is Cc1sc2nc(-c3ccncc3F)nc(Cl)c2c1C. The number of pyridine rings is 1. The number of nitrogens with zero attached hydrogens (tertiary/aromatic N) is 3. The molecule has 0 spiro atoms. The van der Waals surface area contributed by atoms with Gasteiger partial charge in [-0.1, -0.05) is 11.6 Å². The van der Waals surface area contributed by atoms with Gasteiger partial charge in [0.25, 0.3) is 0 Å². The Kier molecular flexibility index (Phi) is 2.95. The van der Waals surface area contributed by atoms with E-state index in [1.807, 2.05) is 13.8 Å². The zero-order valence-corrected chi connectivity index (χ0v) is 11.8. The summed E-state index contributed by atoms with van der Waals surface area (Å²) in [6.07, 6.45) is 2.65. The van der Waals surface area contributed by atoms with E-state index >= 15 is 0 Å². The third kappa shape index (κ3) is 1.99. The zero-order chi connectivity index (χ0) is 13.6. The Labute approximate surface area is 118 Å². The third-order valence-electron chi connectivity index (χ3n) is 3.00. The highest BCUT2D eigenvalue weighted by Crippen LogP contribution is 2.34. The van der Waals surface area contributed by atoms with E-state index in [1.165, 1.54) is 17.5 Å². The van der Waals surface area contributed by atoms with E-state index in [1.54, 1.807) is 6.07 Å². The van der Waals surface area contributed by atoms with Gasteiger partial charge in [-0.2, -0.15) is 0 Å². The van der Waals surface area contributed by atoms with Crippen molar-refractivity contribution in [2.75, 3.05) is 0 Å². The second kappa shape index (κ2) is 4.51. The Morgan fingerprint density at radius 1 is 1.26 bits per heavy atom. The van der Waals surface area contributed by atoms with Gasteiger partial charge >= 0.3 is 0 Å². The summed E-state index contributed by atoms with van der Waals surface area (Å²) >= 11 is 7.73. The first-order valence-electron chi connectivity index (χ1n) is 5.61. The third-order valence-corrected chi connectivity index (χ3v) is 4.37. The number of halogens is 2. The molecule has 0 N–H and O–H groups in total. The van der Waals surface area contributed by atoms with Gasteiger partial charge in [-0.05, 0) is 25.5 Å². The fourth-order valence-electron chi connectivity index (χ4n) is 1.88. The lowest BCUT2D eigenvalue weighted by atomic mass is 10.2. The minimum Gasteiger partial charge on any atom is -0.262 e. The van der Waals surface area contributed by atoms with Crippen molar-refractivity contribution in [1.29, 1.82) is 0 Å². The molecule has 0 radical (unpaired) electrons. The van der Waals surface area contributed by atoms with Gasteiger partial charge < -0.3 is 0 Å². The van der Waals surface area contributed by atoms with E-state index in [0.29, 0.717) is 16.5 Å². The first kappa shape index (κ1) is 12.4. The number of aromatic nitrogens is 3. The van der Waals surface area contributed by atoms with E-state index < -0.39 is 5.82 Å². The molecular weight excluding hydrogens is 285 g/mol. The number of hydrogen-bond acceptors (Lipinski definition) is 4. The van der Waals surface area contributed by atoms with Gasteiger partial charge in [0.05, 0.1) is 17.1 Å². The van der Waals surface area contributed by atoms with Crippen molar-refractivity contribution >= 4 is 33.2 Å². The quantitative estimate of drug-likeness (QED) is 0.632. The maximum atomic E-state index is 13.7. The van der Waals surface area contributed by atoms with Gasteiger partial charge in [0.2, 0.25) is 0 Å².